The van der Waals surface area contributed by atoms with Crippen LogP contribution in [0.5, 0.6) is 0 Å². The van der Waals surface area contributed by atoms with Crippen molar-refractivity contribution in [2.45, 2.75) is 25.3 Å². The number of fused-ring (bicyclic) bond motifs is 1. The highest BCUT2D eigenvalue weighted by molar-refractivity contribution is 5.85. The second kappa shape index (κ2) is 6.64. The molecule has 0 fully saturated rings. The molecule has 0 radical (unpaired) electrons. The zero-order chi connectivity index (χ0) is 11.4. The Balaban J connectivity index is 0.00000144. The van der Waals surface area contributed by atoms with E-state index in [2.05, 4.69) is 17.1 Å². The molecule has 0 bridgehead atoms. The van der Waals surface area contributed by atoms with Crippen LogP contribution in [0.4, 0.5) is 0 Å². The summed E-state index contributed by atoms with van der Waals surface area (Å²) in [4.78, 5) is 3.25. The van der Waals surface area contributed by atoms with Gasteiger partial charge in [-0.2, -0.15) is 0 Å². The molecular weight excluding hydrogens is 234 g/mol. The first-order valence-electron chi connectivity index (χ1n) is 5.84. The normalized spacial score (nSPS) is 12.4. The predicted octanol–water partition coefficient (Wildman–Crippen LogP) is 2.72. The molecule has 0 amide bonds. The highest BCUT2D eigenvalue weighted by atomic mass is 35.5. The number of unbranched alkanes of at least 4 members (excludes halogenated alkanes) is 1. The molecule has 1 aromatic carbocycles. The molecule has 5 N–H and O–H groups in total. The van der Waals surface area contributed by atoms with Crippen LogP contribution < -0.4 is 11.5 Å². The van der Waals surface area contributed by atoms with Gasteiger partial charge in [-0.3, -0.25) is 0 Å². The molecule has 0 aliphatic rings. The number of nitrogens with two attached hydrogens (primary N) is 2. The molecule has 1 heterocycles. The molecule has 1 atom stereocenters. The van der Waals surface area contributed by atoms with Gasteiger partial charge in [0.15, 0.2) is 0 Å². The van der Waals surface area contributed by atoms with Gasteiger partial charge in [-0.25, -0.2) is 0 Å². The lowest BCUT2D eigenvalue weighted by Gasteiger charge is -2.10. The third-order valence-electron chi connectivity index (χ3n) is 2.99. The number of rotatable bonds is 5. The number of hydrogen-bond acceptors (Lipinski definition) is 2. The fraction of sp³-hybridized carbons (Fsp3) is 0.385. The molecule has 3 nitrogen and oxygen atoms in total. The van der Waals surface area contributed by atoms with Crippen molar-refractivity contribution < 1.29 is 0 Å². The Kier molecular flexibility index (Phi) is 5.48. The molecule has 2 aromatic rings. The summed E-state index contributed by atoms with van der Waals surface area (Å²) < 4.78 is 0. The number of hydrogen-bond donors (Lipinski definition) is 3. The van der Waals surface area contributed by atoms with E-state index in [1.54, 1.807) is 0 Å². The van der Waals surface area contributed by atoms with Gasteiger partial charge in [0, 0.05) is 23.1 Å². The highest BCUT2D eigenvalue weighted by Crippen LogP contribution is 2.25. The zero-order valence-electron chi connectivity index (χ0n) is 9.86. The van der Waals surface area contributed by atoms with Gasteiger partial charge in [0.25, 0.3) is 0 Å². The number of halogens is 1. The van der Waals surface area contributed by atoms with Crippen molar-refractivity contribution in [1.82, 2.24) is 4.98 Å². The van der Waals surface area contributed by atoms with Crippen LogP contribution in [0, 0.1) is 0 Å². The van der Waals surface area contributed by atoms with Crippen LogP contribution in [0.1, 0.15) is 30.9 Å². The molecular formula is C13H20ClN3. The van der Waals surface area contributed by atoms with Crippen molar-refractivity contribution in [2.75, 3.05) is 6.54 Å². The average Bonchev–Trinajstić information content (AvgIpc) is 2.73. The van der Waals surface area contributed by atoms with Gasteiger partial charge in [0.05, 0.1) is 0 Å². The number of para-hydroxylation sites is 1. The minimum absolute atomic E-state index is 0. The first kappa shape index (κ1) is 14.0. The van der Waals surface area contributed by atoms with Gasteiger partial charge < -0.3 is 16.5 Å². The maximum absolute atomic E-state index is 6.19. The Hall–Kier alpha value is -1.03. The lowest BCUT2D eigenvalue weighted by Crippen LogP contribution is -2.10. The number of aromatic nitrogens is 1. The maximum Gasteiger partial charge on any atom is 0.0457 e. The summed E-state index contributed by atoms with van der Waals surface area (Å²) in [7, 11) is 0. The van der Waals surface area contributed by atoms with E-state index >= 15 is 0 Å². The summed E-state index contributed by atoms with van der Waals surface area (Å²) in [5.74, 6) is 0. The first-order chi connectivity index (χ1) is 7.83. The standard InChI is InChI=1S/C13H19N3.ClH/c14-8-4-3-6-12(15)11-9-16-13-7-2-1-5-10(11)13;/h1-2,5,7,9,12,16H,3-4,6,8,14-15H2;1H/t12-;/m1./s1. The van der Waals surface area contributed by atoms with E-state index in [0.717, 1.165) is 31.3 Å². The Labute approximate surface area is 108 Å². The van der Waals surface area contributed by atoms with Crippen LogP contribution in [0.15, 0.2) is 30.5 Å². The summed E-state index contributed by atoms with van der Waals surface area (Å²) in [6, 6.07) is 8.38. The predicted molar refractivity (Wildman–Crippen MR) is 75.4 cm³/mol. The van der Waals surface area contributed by atoms with Crippen molar-refractivity contribution in [2.24, 2.45) is 11.5 Å². The van der Waals surface area contributed by atoms with Gasteiger partial charge in [-0.15, -0.1) is 12.4 Å². The van der Waals surface area contributed by atoms with Gasteiger partial charge >= 0.3 is 0 Å². The summed E-state index contributed by atoms with van der Waals surface area (Å²) in [5, 5.41) is 1.24. The number of aromatic amines is 1. The Morgan fingerprint density at radius 3 is 2.71 bits per heavy atom. The fourth-order valence-corrected chi connectivity index (χ4v) is 2.06. The van der Waals surface area contributed by atoms with Crippen LogP contribution in [0.2, 0.25) is 0 Å². The monoisotopic (exact) mass is 253 g/mol. The van der Waals surface area contributed by atoms with Crippen molar-refractivity contribution >= 4 is 23.3 Å². The van der Waals surface area contributed by atoms with E-state index in [-0.39, 0.29) is 18.4 Å². The van der Waals surface area contributed by atoms with E-state index in [4.69, 9.17) is 11.5 Å². The van der Waals surface area contributed by atoms with E-state index in [9.17, 15) is 0 Å². The van der Waals surface area contributed by atoms with E-state index < -0.39 is 0 Å². The lowest BCUT2D eigenvalue weighted by molar-refractivity contribution is 0.594. The second-order valence-corrected chi connectivity index (χ2v) is 4.18. The van der Waals surface area contributed by atoms with Crippen LogP contribution in [0.25, 0.3) is 10.9 Å². The SMILES string of the molecule is Cl.NCCCC[C@@H](N)c1c[nH]c2ccccc12. The minimum Gasteiger partial charge on any atom is -0.361 e. The van der Waals surface area contributed by atoms with Crippen LogP contribution in [-0.4, -0.2) is 11.5 Å². The number of nitrogens with one attached hydrogen (secondary N) is 1. The summed E-state index contributed by atoms with van der Waals surface area (Å²) in [6.45, 7) is 0.751. The largest absolute Gasteiger partial charge is 0.361 e. The second-order valence-electron chi connectivity index (χ2n) is 4.18. The van der Waals surface area contributed by atoms with Crippen LogP contribution in [-0.2, 0) is 0 Å². The fourth-order valence-electron chi connectivity index (χ4n) is 2.06. The molecule has 0 unspecified atom stereocenters. The van der Waals surface area contributed by atoms with E-state index in [0.29, 0.717) is 0 Å². The maximum atomic E-state index is 6.19. The molecule has 0 spiro atoms. The smallest absolute Gasteiger partial charge is 0.0457 e. The molecule has 17 heavy (non-hydrogen) atoms. The van der Waals surface area contributed by atoms with E-state index in [1.807, 2.05) is 18.3 Å². The topological polar surface area (TPSA) is 67.8 Å². The van der Waals surface area contributed by atoms with Crippen molar-refractivity contribution in [3.8, 4) is 0 Å². The number of benzene rings is 1. The Morgan fingerprint density at radius 1 is 1.18 bits per heavy atom. The molecule has 1 aromatic heterocycles. The Morgan fingerprint density at radius 2 is 1.94 bits per heavy atom. The molecule has 0 aliphatic heterocycles. The Bertz CT molecular complexity index is 453. The average molecular weight is 254 g/mol. The van der Waals surface area contributed by atoms with Crippen molar-refractivity contribution in [3.63, 3.8) is 0 Å². The van der Waals surface area contributed by atoms with Gasteiger partial charge in [0.1, 0.15) is 0 Å². The molecule has 2 rings (SSSR count). The molecule has 4 heteroatoms. The third kappa shape index (κ3) is 3.22. The number of H-pyrrole nitrogens is 1. The molecule has 94 valence electrons. The lowest BCUT2D eigenvalue weighted by atomic mass is 10.0. The summed E-state index contributed by atoms with van der Waals surface area (Å²) >= 11 is 0. The zero-order valence-corrected chi connectivity index (χ0v) is 10.7. The van der Waals surface area contributed by atoms with Gasteiger partial charge in [-0.05, 0) is 31.0 Å². The van der Waals surface area contributed by atoms with Crippen LogP contribution >= 0.6 is 12.4 Å². The molecule has 0 saturated heterocycles. The quantitative estimate of drug-likeness (QED) is 0.718. The first-order valence-corrected chi connectivity index (χ1v) is 5.84. The van der Waals surface area contributed by atoms with Crippen LogP contribution in [0.3, 0.4) is 0 Å². The summed E-state index contributed by atoms with van der Waals surface area (Å²) in [6.07, 6.45) is 5.17. The van der Waals surface area contributed by atoms with Crippen molar-refractivity contribution in [3.05, 3.63) is 36.0 Å². The molecule has 0 aliphatic carbocycles. The van der Waals surface area contributed by atoms with Gasteiger partial charge in [0.2, 0.25) is 0 Å². The van der Waals surface area contributed by atoms with Crippen molar-refractivity contribution in [1.29, 1.82) is 0 Å². The highest BCUT2D eigenvalue weighted by Gasteiger charge is 2.10. The van der Waals surface area contributed by atoms with Gasteiger partial charge in [-0.1, -0.05) is 24.6 Å². The summed E-state index contributed by atoms with van der Waals surface area (Å²) in [5.41, 5.74) is 14.0. The molecule has 0 saturated carbocycles. The minimum atomic E-state index is 0. The van der Waals surface area contributed by atoms with E-state index in [1.165, 1.54) is 10.9 Å². The third-order valence-corrected chi connectivity index (χ3v) is 2.99.